The van der Waals surface area contributed by atoms with Gasteiger partial charge in [-0.1, -0.05) is 66.2 Å². The van der Waals surface area contributed by atoms with Crippen molar-refractivity contribution in [3.8, 4) is 29.0 Å². The van der Waals surface area contributed by atoms with Crippen LogP contribution < -0.4 is 9.47 Å². The van der Waals surface area contributed by atoms with Crippen LogP contribution >= 0.6 is 11.6 Å². The second-order valence-corrected chi connectivity index (χ2v) is 8.15. The van der Waals surface area contributed by atoms with Gasteiger partial charge in [0.15, 0.2) is 0 Å². The Labute approximate surface area is 195 Å². The van der Waals surface area contributed by atoms with Gasteiger partial charge in [0.25, 0.3) is 0 Å². The molecule has 3 aromatic carbocycles. The van der Waals surface area contributed by atoms with Crippen LogP contribution in [0, 0.1) is 22.7 Å². The van der Waals surface area contributed by atoms with Gasteiger partial charge in [-0.3, -0.25) is 10.5 Å². The Morgan fingerprint density at radius 3 is 2.45 bits per heavy atom. The number of nitrogens with one attached hydrogen (secondary N) is 2. The van der Waals surface area contributed by atoms with Gasteiger partial charge in [-0.25, -0.2) is 0 Å². The maximum atomic E-state index is 9.88. The van der Waals surface area contributed by atoms with E-state index in [1.54, 1.807) is 12.1 Å². The lowest BCUT2D eigenvalue weighted by molar-refractivity contribution is 0.306. The van der Waals surface area contributed by atoms with Crippen molar-refractivity contribution < 1.29 is 9.47 Å². The summed E-state index contributed by atoms with van der Waals surface area (Å²) in [6.45, 7) is 0.468. The maximum Gasteiger partial charge on any atom is 0.244 e. The standard InChI is InChI=1S/C26H19ClN4O2/c27-19-10-6-18(7-11-19)24-23-22(21(14-28)25(29)33-26(23)31-30-24)17-8-12-20(13-9-17)32-15-16-4-2-1-3-5-16/h1-13,21-22,29H,15H2,(H,30,31). The Morgan fingerprint density at radius 2 is 1.76 bits per heavy atom. The topological polar surface area (TPSA) is 94.8 Å². The van der Waals surface area contributed by atoms with Gasteiger partial charge in [-0.2, -0.15) is 5.26 Å². The summed E-state index contributed by atoms with van der Waals surface area (Å²) in [5, 5.41) is 26.1. The van der Waals surface area contributed by atoms with Gasteiger partial charge in [0.2, 0.25) is 11.8 Å². The predicted molar refractivity (Wildman–Crippen MR) is 126 cm³/mol. The summed E-state index contributed by atoms with van der Waals surface area (Å²) in [7, 11) is 0. The monoisotopic (exact) mass is 454 g/mol. The van der Waals surface area contributed by atoms with E-state index in [0.717, 1.165) is 33.7 Å². The van der Waals surface area contributed by atoms with E-state index in [4.69, 9.17) is 26.5 Å². The molecule has 1 aliphatic heterocycles. The summed E-state index contributed by atoms with van der Waals surface area (Å²) in [6.07, 6.45) is 0. The molecule has 0 saturated heterocycles. The van der Waals surface area contributed by atoms with Crippen LogP contribution in [-0.4, -0.2) is 16.1 Å². The molecule has 1 aromatic heterocycles. The quantitative estimate of drug-likeness (QED) is 0.389. The molecular weight excluding hydrogens is 436 g/mol. The van der Waals surface area contributed by atoms with E-state index in [1.165, 1.54) is 0 Å². The first-order valence-electron chi connectivity index (χ1n) is 10.4. The molecule has 2 unspecified atom stereocenters. The minimum absolute atomic E-state index is 0.117. The number of ether oxygens (including phenoxy) is 2. The number of fused-ring (bicyclic) bond motifs is 1. The third-order valence-electron chi connectivity index (χ3n) is 5.66. The summed E-state index contributed by atoms with van der Waals surface area (Å²) in [5.41, 5.74) is 4.32. The van der Waals surface area contributed by atoms with Crippen molar-refractivity contribution in [3.05, 3.63) is 101 Å². The van der Waals surface area contributed by atoms with Crippen LogP contribution in [0.25, 0.3) is 11.3 Å². The van der Waals surface area contributed by atoms with Crippen molar-refractivity contribution >= 4 is 17.5 Å². The molecule has 0 bridgehead atoms. The zero-order valence-electron chi connectivity index (χ0n) is 17.5. The van der Waals surface area contributed by atoms with E-state index in [9.17, 15) is 5.26 Å². The lowest BCUT2D eigenvalue weighted by Crippen LogP contribution is -2.30. The summed E-state index contributed by atoms with van der Waals surface area (Å²) in [4.78, 5) is 0. The molecule has 4 aromatic rings. The minimum Gasteiger partial charge on any atom is -0.489 e. The first-order chi connectivity index (χ1) is 16.1. The smallest absolute Gasteiger partial charge is 0.244 e. The highest BCUT2D eigenvalue weighted by atomic mass is 35.5. The SMILES string of the molecule is N#CC1C(=N)Oc2n[nH]c(-c3ccc(Cl)cc3)c2C1c1ccc(OCc2ccccc2)cc1. The van der Waals surface area contributed by atoms with E-state index in [1.807, 2.05) is 66.7 Å². The molecule has 0 radical (unpaired) electrons. The molecule has 5 rings (SSSR count). The van der Waals surface area contributed by atoms with E-state index >= 15 is 0 Å². The van der Waals surface area contributed by atoms with Crippen molar-refractivity contribution in [1.29, 1.82) is 10.7 Å². The Bertz CT molecular complexity index is 1330. The number of aromatic nitrogens is 2. The Balaban J connectivity index is 1.49. The van der Waals surface area contributed by atoms with Gasteiger partial charge < -0.3 is 9.47 Å². The molecule has 2 N–H and O–H groups in total. The first kappa shape index (κ1) is 20.8. The third kappa shape index (κ3) is 4.07. The summed E-state index contributed by atoms with van der Waals surface area (Å²) >= 11 is 6.05. The van der Waals surface area contributed by atoms with Crippen LogP contribution in [0.15, 0.2) is 78.9 Å². The minimum atomic E-state index is -0.780. The molecule has 0 spiro atoms. The summed E-state index contributed by atoms with van der Waals surface area (Å²) < 4.78 is 11.5. The van der Waals surface area contributed by atoms with Crippen molar-refractivity contribution in [1.82, 2.24) is 10.2 Å². The summed E-state index contributed by atoms with van der Waals surface area (Å²) in [6, 6.07) is 27.2. The number of hydrogen-bond donors (Lipinski definition) is 2. The second-order valence-electron chi connectivity index (χ2n) is 7.72. The molecule has 1 aliphatic rings. The number of benzene rings is 3. The van der Waals surface area contributed by atoms with Crippen LogP contribution in [0.1, 0.15) is 22.6 Å². The van der Waals surface area contributed by atoms with Gasteiger partial charge in [-0.15, -0.1) is 5.10 Å². The van der Waals surface area contributed by atoms with Crippen molar-refractivity contribution in [2.45, 2.75) is 12.5 Å². The van der Waals surface area contributed by atoms with Gasteiger partial charge in [0.05, 0.1) is 17.3 Å². The largest absolute Gasteiger partial charge is 0.489 e. The highest BCUT2D eigenvalue weighted by Crippen LogP contribution is 2.46. The van der Waals surface area contributed by atoms with Crippen molar-refractivity contribution in [3.63, 3.8) is 0 Å². The molecule has 7 heteroatoms. The fourth-order valence-electron chi connectivity index (χ4n) is 4.03. The van der Waals surface area contributed by atoms with Gasteiger partial charge in [0.1, 0.15) is 18.3 Å². The zero-order chi connectivity index (χ0) is 22.8. The molecule has 2 heterocycles. The molecular formula is C26H19ClN4O2. The van der Waals surface area contributed by atoms with Crippen LogP contribution in [0.4, 0.5) is 0 Å². The third-order valence-corrected chi connectivity index (χ3v) is 5.91. The fourth-order valence-corrected chi connectivity index (χ4v) is 4.15. The van der Waals surface area contributed by atoms with Crippen LogP contribution in [-0.2, 0) is 6.61 Å². The average Bonchev–Trinajstić information content (AvgIpc) is 3.26. The summed E-state index contributed by atoms with van der Waals surface area (Å²) in [5.74, 6) is -0.279. The molecule has 6 nitrogen and oxygen atoms in total. The van der Waals surface area contributed by atoms with E-state index in [0.29, 0.717) is 17.5 Å². The highest BCUT2D eigenvalue weighted by Gasteiger charge is 2.40. The highest BCUT2D eigenvalue weighted by molar-refractivity contribution is 6.30. The number of rotatable bonds is 5. The Kier molecular flexibility index (Phi) is 5.55. The Hall–Kier alpha value is -4.08. The lowest BCUT2D eigenvalue weighted by atomic mass is 9.79. The van der Waals surface area contributed by atoms with E-state index in [-0.39, 0.29) is 5.90 Å². The fraction of sp³-hybridized carbons (Fsp3) is 0.115. The second kappa shape index (κ2) is 8.81. The maximum absolute atomic E-state index is 9.88. The molecule has 0 aliphatic carbocycles. The zero-order valence-corrected chi connectivity index (χ0v) is 18.2. The normalized spacial score (nSPS) is 17.0. The predicted octanol–water partition coefficient (Wildman–Crippen LogP) is 5.95. The molecule has 162 valence electrons. The molecule has 0 saturated carbocycles. The van der Waals surface area contributed by atoms with Crippen molar-refractivity contribution in [2.75, 3.05) is 0 Å². The lowest BCUT2D eigenvalue weighted by Gasteiger charge is -2.28. The number of aromatic amines is 1. The van der Waals surface area contributed by atoms with Gasteiger partial charge >= 0.3 is 0 Å². The van der Waals surface area contributed by atoms with Gasteiger partial charge in [-0.05, 0) is 35.4 Å². The molecule has 0 amide bonds. The van der Waals surface area contributed by atoms with Crippen LogP contribution in [0.2, 0.25) is 5.02 Å². The number of nitrogens with zero attached hydrogens (tertiary/aromatic N) is 2. The van der Waals surface area contributed by atoms with Crippen molar-refractivity contribution in [2.24, 2.45) is 5.92 Å². The average molecular weight is 455 g/mol. The van der Waals surface area contributed by atoms with E-state index in [2.05, 4.69) is 16.3 Å². The van der Waals surface area contributed by atoms with Crippen LogP contribution in [0.3, 0.4) is 0 Å². The molecule has 2 atom stereocenters. The first-order valence-corrected chi connectivity index (χ1v) is 10.8. The Morgan fingerprint density at radius 1 is 1.03 bits per heavy atom. The van der Waals surface area contributed by atoms with Gasteiger partial charge in [0, 0.05) is 16.5 Å². The molecule has 0 fully saturated rings. The molecule has 33 heavy (non-hydrogen) atoms. The number of nitriles is 1. The number of H-pyrrole nitrogens is 1. The van der Waals surface area contributed by atoms with E-state index < -0.39 is 11.8 Å². The van der Waals surface area contributed by atoms with Crippen LogP contribution in [0.5, 0.6) is 11.6 Å². The number of hydrogen-bond acceptors (Lipinski definition) is 5. The number of halogens is 1.